The minimum atomic E-state index is 0.853. The highest BCUT2D eigenvalue weighted by atomic mass is 79.9. The maximum absolute atomic E-state index is 5.15. The third-order valence-electron chi connectivity index (χ3n) is 1.85. The Morgan fingerprint density at radius 2 is 2.21 bits per heavy atom. The van der Waals surface area contributed by atoms with Crippen molar-refractivity contribution in [3.63, 3.8) is 0 Å². The first-order valence-electron chi connectivity index (χ1n) is 4.06. The van der Waals surface area contributed by atoms with Gasteiger partial charge in [-0.15, -0.1) is 0 Å². The molecule has 72 valence electrons. The number of ether oxygens (including phenoxy) is 1. The van der Waals surface area contributed by atoms with Gasteiger partial charge in [-0.3, -0.25) is 0 Å². The van der Waals surface area contributed by atoms with Crippen LogP contribution in [0, 0.1) is 0 Å². The fourth-order valence-corrected chi connectivity index (χ4v) is 2.11. The zero-order valence-electron chi connectivity index (χ0n) is 7.53. The highest BCUT2D eigenvalue weighted by Crippen LogP contribution is 2.27. The number of halogens is 1. The number of aromatic nitrogens is 1. The van der Waals surface area contributed by atoms with E-state index in [2.05, 4.69) is 20.3 Å². The lowest BCUT2D eigenvalue weighted by atomic mass is 10.1. The number of rotatable bonds is 2. The second kappa shape index (κ2) is 4.11. The molecule has 1 aromatic carbocycles. The van der Waals surface area contributed by atoms with Crippen LogP contribution in [0.4, 0.5) is 0 Å². The molecule has 0 radical (unpaired) electrons. The van der Waals surface area contributed by atoms with Crippen LogP contribution in [0.1, 0.15) is 0 Å². The van der Waals surface area contributed by atoms with Crippen LogP contribution in [0.5, 0.6) is 5.75 Å². The highest BCUT2D eigenvalue weighted by Gasteiger charge is 2.03. The lowest BCUT2D eigenvalue weighted by Crippen LogP contribution is -1.83. The lowest BCUT2D eigenvalue weighted by Gasteiger charge is -2.00. The van der Waals surface area contributed by atoms with Crippen molar-refractivity contribution >= 4 is 27.5 Å². The topological polar surface area (TPSA) is 22.1 Å². The lowest BCUT2D eigenvalue weighted by molar-refractivity contribution is 0.415. The van der Waals surface area contributed by atoms with E-state index >= 15 is 0 Å². The Morgan fingerprint density at radius 1 is 1.36 bits per heavy atom. The van der Waals surface area contributed by atoms with Gasteiger partial charge in [-0.2, -0.15) is 4.37 Å². The smallest absolute Gasteiger partial charge is 0.119 e. The third-order valence-corrected chi connectivity index (χ3v) is 3.09. The van der Waals surface area contributed by atoms with Crippen molar-refractivity contribution in [2.45, 2.75) is 0 Å². The first-order chi connectivity index (χ1) is 6.79. The van der Waals surface area contributed by atoms with Crippen LogP contribution in [0.15, 0.2) is 34.1 Å². The van der Waals surface area contributed by atoms with Gasteiger partial charge in [0, 0.05) is 5.56 Å². The van der Waals surface area contributed by atoms with Crippen molar-refractivity contribution in [1.82, 2.24) is 4.37 Å². The normalized spacial score (nSPS) is 10.1. The van der Waals surface area contributed by atoms with E-state index in [-0.39, 0.29) is 0 Å². The summed E-state index contributed by atoms with van der Waals surface area (Å²) >= 11 is 4.83. The molecule has 4 heteroatoms. The molecule has 0 aliphatic heterocycles. The van der Waals surface area contributed by atoms with E-state index in [1.165, 1.54) is 11.5 Å². The van der Waals surface area contributed by atoms with Gasteiger partial charge in [0.2, 0.25) is 0 Å². The standard InChI is InChI=1S/C10H8BrNOS/c1-13-8-4-2-3-7(5-8)9-6-10(11)14-12-9/h2-6H,1H3. The van der Waals surface area contributed by atoms with Gasteiger partial charge in [0.25, 0.3) is 0 Å². The summed E-state index contributed by atoms with van der Waals surface area (Å²) in [7, 11) is 1.66. The van der Waals surface area contributed by atoms with Crippen LogP contribution in [-0.4, -0.2) is 11.5 Å². The zero-order chi connectivity index (χ0) is 9.97. The molecule has 0 saturated carbocycles. The van der Waals surface area contributed by atoms with Crippen molar-refractivity contribution in [2.24, 2.45) is 0 Å². The molecule has 0 bridgehead atoms. The van der Waals surface area contributed by atoms with Gasteiger partial charge in [0.15, 0.2) is 0 Å². The van der Waals surface area contributed by atoms with Gasteiger partial charge in [0.05, 0.1) is 16.6 Å². The molecule has 2 aromatic rings. The van der Waals surface area contributed by atoms with E-state index < -0.39 is 0 Å². The van der Waals surface area contributed by atoms with Gasteiger partial charge in [-0.25, -0.2) is 0 Å². The predicted octanol–water partition coefficient (Wildman–Crippen LogP) is 3.58. The highest BCUT2D eigenvalue weighted by molar-refractivity contribution is 9.11. The maximum atomic E-state index is 5.15. The predicted molar refractivity (Wildman–Crippen MR) is 61.8 cm³/mol. The van der Waals surface area contributed by atoms with Crippen LogP contribution < -0.4 is 4.74 Å². The second-order valence-electron chi connectivity index (χ2n) is 2.75. The molecule has 14 heavy (non-hydrogen) atoms. The Morgan fingerprint density at radius 3 is 2.86 bits per heavy atom. The van der Waals surface area contributed by atoms with Gasteiger partial charge in [0.1, 0.15) is 5.75 Å². The number of benzene rings is 1. The molecule has 0 amide bonds. The largest absolute Gasteiger partial charge is 0.497 e. The fraction of sp³-hybridized carbons (Fsp3) is 0.100. The maximum Gasteiger partial charge on any atom is 0.119 e. The van der Waals surface area contributed by atoms with Crippen LogP contribution in [-0.2, 0) is 0 Å². The quantitative estimate of drug-likeness (QED) is 0.832. The molecule has 2 nitrogen and oxygen atoms in total. The molecule has 0 spiro atoms. The Kier molecular flexibility index (Phi) is 2.84. The molecule has 0 aliphatic carbocycles. The van der Waals surface area contributed by atoms with Crippen molar-refractivity contribution in [1.29, 1.82) is 0 Å². The number of methoxy groups -OCH3 is 1. The van der Waals surface area contributed by atoms with E-state index in [0.29, 0.717) is 0 Å². The molecular formula is C10H8BrNOS. The van der Waals surface area contributed by atoms with Crippen LogP contribution in [0.25, 0.3) is 11.3 Å². The minimum absolute atomic E-state index is 0.853. The van der Waals surface area contributed by atoms with Crippen LogP contribution in [0.2, 0.25) is 0 Å². The fourth-order valence-electron chi connectivity index (χ4n) is 1.17. The summed E-state index contributed by atoms with van der Waals surface area (Å²) in [6.45, 7) is 0. The Bertz CT molecular complexity index is 441. The van der Waals surface area contributed by atoms with Crippen molar-refractivity contribution < 1.29 is 4.74 Å². The molecule has 1 heterocycles. The molecule has 0 unspecified atom stereocenters. The van der Waals surface area contributed by atoms with Gasteiger partial charge in [-0.05, 0) is 45.7 Å². The summed E-state index contributed by atoms with van der Waals surface area (Å²) in [5.74, 6) is 0.853. The first-order valence-corrected chi connectivity index (χ1v) is 5.63. The average Bonchev–Trinajstić information content (AvgIpc) is 2.65. The van der Waals surface area contributed by atoms with Crippen molar-refractivity contribution in [2.75, 3.05) is 7.11 Å². The monoisotopic (exact) mass is 269 g/mol. The summed E-state index contributed by atoms with van der Waals surface area (Å²) in [5, 5.41) is 0. The third kappa shape index (κ3) is 1.96. The molecule has 0 aliphatic rings. The van der Waals surface area contributed by atoms with Crippen LogP contribution in [0.3, 0.4) is 0 Å². The summed E-state index contributed by atoms with van der Waals surface area (Å²) in [6.07, 6.45) is 0. The number of nitrogens with zero attached hydrogens (tertiary/aromatic N) is 1. The summed E-state index contributed by atoms with van der Waals surface area (Å²) < 4.78 is 10.5. The van der Waals surface area contributed by atoms with E-state index in [1.54, 1.807) is 7.11 Å². The van der Waals surface area contributed by atoms with E-state index in [1.807, 2.05) is 30.3 Å². The SMILES string of the molecule is COc1cccc(-c2cc(Br)sn2)c1. The molecular weight excluding hydrogens is 262 g/mol. The minimum Gasteiger partial charge on any atom is -0.497 e. The molecule has 0 fully saturated rings. The molecule has 0 N–H and O–H groups in total. The summed E-state index contributed by atoms with van der Waals surface area (Å²) in [4.78, 5) is 0. The van der Waals surface area contributed by atoms with Gasteiger partial charge in [-0.1, -0.05) is 12.1 Å². The molecule has 2 rings (SSSR count). The van der Waals surface area contributed by atoms with E-state index in [4.69, 9.17) is 4.74 Å². The molecule has 1 aromatic heterocycles. The zero-order valence-corrected chi connectivity index (χ0v) is 9.93. The number of hydrogen-bond donors (Lipinski definition) is 0. The van der Waals surface area contributed by atoms with E-state index in [9.17, 15) is 0 Å². The molecule has 0 atom stereocenters. The summed E-state index contributed by atoms with van der Waals surface area (Å²) in [5.41, 5.74) is 2.05. The number of hydrogen-bond acceptors (Lipinski definition) is 3. The first kappa shape index (κ1) is 9.68. The van der Waals surface area contributed by atoms with Crippen molar-refractivity contribution in [3.05, 3.63) is 34.1 Å². The van der Waals surface area contributed by atoms with E-state index in [0.717, 1.165) is 20.8 Å². The summed E-state index contributed by atoms with van der Waals surface area (Å²) in [6, 6.07) is 9.87. The Balaban J connectivity index is 2.41. The Hall–Kier alpha value is -0.870. The van der Waals surface area contributed by atoms with Crippen LogP contribution >= 0.6 is 27.5 Å². The second-order valence-corrected chi connectivity index (χ2v) is 4.93. The average molecular weight is 270 g/mol. The van der Waals surface area contributed by atoms with Crippen molar-refractivity contribution in [3.8, 4) is 17.0 Å². The van der Waals surface area contributed by atoms with Gasteiger partial charge < -0.3 is 4.74 Å². The Labute approximate surface area is 94.8 Å². The van der Waals surface area contributed by atoms with Gasteiger partial charge >= 0.3 is 0 Å². The molecule has 0 saturated heterocycles.